The molecule has 0 aliphatic rings. The van der Waals surface area contributed by atoms with E-state index in [9.17, 15) is 12.8 Å². The summed E-state index contributed by atoms with van der Waals surface area (Å²) in [5.74, 6) is 0.000274. The maximum absolute atomic E-state index is 13.7. The van der Waals surface area contributed by atoms with Gasteiger partial charge in [-0.25, -0.2) is 22.5 Å². The van der Waals surface area contributed by atoms with E-state index in [2.05, 4.69) is 14.7 Å². The molecule has 2 rings (SSSR count). The zero-order valence-electron chi connectivity index (χ0n) is 10.9. The lowest BCUT2D eigenvalue weighted by atomic mass is 10.1. The minimum atomic E-state index is -3.73. The lowest BCUT2D eigenvalue weighted by molar-refractivity contribution is 0.571. The average molecular weight is 298 g/mol. The van der Waals surface area contributed by atoms with Crippen LogP contribution < -0.4 is 10.5 Å². The molecule has 1 aromatic carbocycles. The standard InChI is InChI=1S/C12H15FN4O2S/c1-8-15-7-12(17-8)20(18,19)16-6-10-3-2-9(5-14)4-11(10)13/h2-4,7,16H,5-6,14H2,1H3,(H,15,17). The van der Waals surface area contributed by atoms with Gasteiger partial charge in [-0.15, -0.1) is 0 Å². The summed E-state index contributed by atoms with van der Waals surface area (Å²) in [6.07, 6.45) is 1.21. The number of aromatic amines is 1. The smallest absolute Gasteiger partial charge is 0.257 e. The molecule has 0 spiro atoms. The van der Waals surface area contributed by atoms with Crippen molar-refractivity contribution in [2.45, 2.75) is 25.0 Å². The minimum absolute atomic E-state index is 0.0472. The first-order valence-corrected chi connectivity index (χ1v) is 7.39. The molecule has 0 aliphatic heterocycles. The van der Waals surface area contributed by atoms with Crippen molar-refractivity contribution < 1.29 is 12.8 Å². The Kier molecular flexibility index (Phi) is 4.17. The summed E-state index contributed by atoms with van der Waals surface area (Å²) in [6, 6.07) is 4.47. The third-order valence-electron chi connectivity index (χ3n) is 2.77. The maximum Gasteiger partial charge on any atom is 0.257 e. The molecule has 2 aromatic rings. The molecule has 8 heteroatoms. The predicted octanol–water partition coefficient (Wildman–Crippen LogP) is 0.794. The highest BCUT2D eigenvalue weighted by atomic mass is 32.2. The van der Waals surface area contributed by atoms with E-state index in [0.717, 1.165) is 0 Å². The molecule has 0 atom stereocenters. The highest BCUT2D eigenvalue weighted by Gasteiger charge is 2.16. The van der Waals surface area contributed by atoms with E-state index in [1.54, 1.807) is 13.0 Å². The molecule has 0 amide bonds. The zero-order valence-corrected chi connectivity index (χ0v) is 11.7. The molecular formula is C12H15FN4O2S. The Hall–Kier alpha value is -1.77. The van der Waals surface area contributed by atoms with E-state index < -0.39 is 15.8 Å². The van der Waals surface area contributed by atoms with Crippen LogP contribution in [-0.2, 0) is 23.1 Å². The lowest BCUT2D eigenvalue weighted by Crippen LogP contribution is -2.24. The van der Waals surface area contributed by atoms with Crippen LogP contribution >= 0.6 is 0 Å². The Morgan fingerprint density at radius 3 is 2.75 bits per heavy atom. The number of halogens is 1. The van der Waals surface area contributed by atoms with Crippen LogP contribution in [0.5, 0.6) is 0 Å². The molecule has 1 aromatic heterocycles. The molecular weight excluding hydrogens is 283 g/mol. The molecule has 6 nitrogen and oxygen atoms in total. The van der Waals surface area contributed by atoms with Gasteiger partial charge in [0.15, 0.2) is 5.03 Å². The zero-order chi connectivity index (χ0) is 14.8. The summed E-state index contributed by atoms with van der Waals surface area (Å²) >= 11 is 0. The number of H-pyrrole nitrogens is 1. The molecule has 108 valence electrons. The van der Waals surface area contributed by atoms with Crippen LogP contribution in [0.1, 0.15) is 17.0 Å². The second kappa shape index (κ2) is 5.70. The number of sulfonamides is 1. The number of imidazole rings is 1. The van der Waals surface area contributed by atoms with Gasteiger partial charge >= 0.3 is 0 Å². The lowest BCUT2D eigenvalue weighted by Gasteiger charge is -2.07. The average Bonchev–Trinajstić information content (AvgIpc) is 2.85. The Labute approximate surface area is 116 Å². The molecule has 0 saturated heterocycles. The van der Waals surface area contributed by atoms with E-state index in [1.165, 1.54) is 18.3 Å². The summed E-state index contributed by atoms with van der Waals surface area (Å²) in [5.41, 5.74) is 6.30. The molecule has 0 saturated carbocycles. The Morgan fingerprint density at radius 1 is 1.45 bits per heavy atom. The summed E-state index contributed by atoms with van der Waals surface area (Å²) in [5, 5.41) is -0.0472. The number of nitrogens with one attached hydrogen (secondary N) is 2. The fraction of sp³-hybridized carbons (Fsp3) is 0.250. The van der Waals surface area contributed by atoms with Crippen molar-refractivity contribution in [1.29, 1.82) is 0 Å². The first kappa shape index (κ1) is 14.6. The maximum atomic E-state index is 13.7. The van der Waals surface area contributed by atoms with E-state index in [0.29, 0.717) is 11.4 Å². The van der Waals surface area contributed by atoms with Crippen LogP contribution in [0.3, 0.4) is 0 Å². The van der Waals surface area contributed by atoms with Crippen molar-refractivity contribution >= 4 is 10.0 Å². The van der Waals surface area contributed by atoms with E-state index in [-0.39, 0.29) is 23.7 Å². The van der Waals surface area contributed by atoms with Crippen LogP contribution in [0, 0.1) is 12.7 Å². The minimum Gasteiger partial charge on any atom is -0.332 e. The third-order valence-corrected chi connectivity index (χ3v) is 4.09. The highest BCUT2D eigenvalue weighted by molar-refractivity contribution is 7.89. The van der Waals surface area contributed by atoms with Crippen molar-refractivity contribution in [2.24, 2.45) is 5.73 Å². The summed E-state index contributed by atoms with van der Waals surface area (Å²) in [6.45, 7) is 1.73. The number of nitrogens with two attached hydrogens (primary N) is 1. The SMILES string of the molecule is Cc1ncc(S(=O)(=O)NCc2ccc(CN)cc2F)[nH]1. The van der Waals surface area contributed by atoms with Crippen molar-refractivity contribution in [1.82, 2.24) is 14.7 Å². The second-order valence-electron chi connectivity index (χ2n) is 4.29. The van der Waals surface area contributed by atoms with E-state index in [4.69, 9.17) is 5.73 Å². The Morgan fingerprint density at radius 2 is 2.20 bits per heavy atom. The molecule has 1 heterocycles. The third kappa shape index (κ3) is 3.21. The van der Waals surface area contributed by atoms with Gasteiger partial charge in [0.25, 0.3) is 10.0 Å². The van der Waals surface area contributed by atoms with Gasteiger partial charge in [0.05, 0.1) is 6.20 Å². The Bertz CT molecular complexity index is 712. The number of aryl methyl sites for hydroxylation is 1. The second-order valence-corrected chi connectivity index (χ2v) is 6.02. The molecule has 0 aliphatic carbocycles. The fourth-order valence-corrected chi connectivity index (χ4v) is 2.62. The van der Waals surface area contributed by atoms with Crippen LogP contribution in [-0.4, -0.2) is 18.4 Å². The molecule has 0 radical (unpaired) electrons. The van der Waals surface area contributed by atoms with Crippen LogP contribution in [0.15, 0.2) is 29.4 Å². The van der Waals surface area contributed by atoms with Gasteiger partial charge in [0.1, 0.15) is 11.6 Å². The van der Waals surface area contributed by atoms with Crippen LogP contribution in [0.25, 0.3) is 0 Å². The molecule has 20 heavy (non-hydrogen) atoms. The first-order valence-electron chi connectivity index (χ1n) is 5.91. The Balaban J connectivity index is 2.12. The fourth-order valence-electron chi connectivity index (χ4n) is 1.65. The summed E-state index contributed by atoms with van der Waals surface area (Å²) in [7, 11) is -3.73. The quantitative estimate of drug-likeness (QED) is 0.759. The van der Waals surface area contributed by atoms with Gasteiger partial charge in [-0.1, -0.05) is 12.1 Å². The number of hydrogen-bond donors (Lipinski definition) is 3. The van der Waals surface area contributed by atoms with Gasteiger partial charge in [0.2, 0.25) is 0 Å². The molecule has 0 unspecified atom stereocenters. The summed E-state index contributed by atoms with van der Waals surface area (Å²) < 4.78 is 39.9. The normalized spacial score (nSPS) is 11.8. The first-order chi connectivity index (χ1) is 9.42. The molecule has 0 bridgehead atoms. The largest absolute Gasteiger partial charge is 0.332 e. The predicted molar refractivity (Wildman–Crippen MR) is 71.6 cm³/mol. The van der Waals surface area contributed by atoms with Crippen molar-refractivity contribution in [2.75, 3.05) is 0 Å². The summed E-state index contributed by atoms with van der Waals surface area (Å²) in [4.78, 5) is 6.43. The van der Waals surface area contributed by atoms with Crippen LogP contribution in [0.4, 0.5) is 4.39 Å². The topological polar surface area (TPSA) is 101 Å². The number of benzene rings is 1. The van der Waals surface area contributed by atoms with E-state index >= 15 is 0 Å². The van der Waals surface area contributed by atoms with Crippen molar-refractivity contribution in [3.8, 4) is 0 Å². The number of rotatable bonds is 5. The number of nitrogens with zero attached hydrogens (tertiary/aromatic N) is 1. The van der Waals surface area contributed by atoms with Gasteiger partial charge in [-0.2, -0.15) is 0 Å². The van der Waals surface area contributed by atoms with Gasteiger partial charge in [0, 0.05) is 18.7 Å². The van der Waals surface area contributed by atoms with Crippen LogP contribution in [0.2, 0.25) is 0 Å². The van der Waals surface area contributed by atoms with Gasteiger partial charge in [-0.05, 0) is 18.6 Å². The number of aromatic nitrogens is 2. The molecule has 0 fully saturated rings. The monoisotopic (exact) mass is 298 g/mol. The van der Waals surface area contributed by atoms with Crippen molar-refractivity contribution in [3.05, 3.63) is 47.2 Å². The number of hydrogen-bond acceptors (Lipinski definition) is 4. The van der Waals surface area contributed by atoms with Gasteiger partial charge < -0.3 is 10.7 Å². The van der Waals surface area contributed by atoms with E-state index in [1.807, 2.05) is 0 Å². The van der Waals surface area contributed by atoms with Gasteiger partial charge in [-0.3, -0.25) is 0 Å². The molecule has 4 N–H and O–H groups in total. The highest BCUT2D eigenvalue weighted by Crippen LogP contribution is 2.12. The van der Waals surface area contributed by atoms with Crippen molar-refractivity contribution in [3.63, 3.8) is 0 Å².